The number of hydrogen-bond donors (Lipinski definition) is 1. The first-order chi connectivity index (χ1) is 5.75. The van der Waals surface area contributed by atoms with Crippen molar-refractivity contribution in [3.63, 3.8) is 0 Å². The maximum atomic E-state index is 10.7. The fourth-order valence-electron chi connectivity index (χ4n) is 0.917. The van der Waals surface area contributed by atoms with Crippen molar-refractivity contribution < 1.29 is 9.90 Å². The van der Waals surface area contributed by atoms with E-state index < -0.39 is 11.9 Å². The van der Waals surface area contributed by atoms with E-state index in [-0.39, 0.29) is 6.42 Å². The van der Waals surface area contributed by atoms with Gasteiger partial charge in [0.25, 0.3) is 0 Å². The van der Waals surface area contributed by atoms with E-state index >= 15 is 0 Å². The van der Waals surface area contributed by atoms with Crippen LogP contribution in [0.3, 0.4) is 0 Å². The molecule has 1 unspecified atom stereocenters. The summed E-state index contributed by atoms with van der Waals surface area (Å²) in [5.41, 5.74) is 0. The van der Waals surface area contributed by atoms with Gasteiger partial charge in [0.2, 0.25) is 0 Å². The zero-order chi connectivity index (χ0) is 8.97. The minimum atomic E-state index is -0.851. The molecule has 0 aromatic carbocycles. The molecule has 62 valence electrons. The van der Waals surface area contributed by atoms with Crippen molar-refractivity contribution in [1.29, 1.82) is 0 Å². The van der Waals surface area contributed by atoms with Gasteiger partial charge in [0.15, 0.2) is 0 Å². The molecule has 0 radical (unpaired) electrons. The predicted octanol–water partition coefficient (Wildman–Crippen LogP) is 1.94. The molecule has 0 spiro atoms. The Kier molecular flexibility index (Phi) is 2.89. The van der Waals surface area contributed by atoms with Crippen molar-refractivity contribution in [2.45, 2.75) is 12.3 Å². The summed E-state index contributed by atoms with van der Waals surface area (Å²) < 4.78 is 0. The Morgan fingerprint density at radius 1 is 1.83 bits per heavy atom. The van der Waals surface area contributed by atoms with Gasteiger partial charge in [-0.15, -0.1) is 23.7 Å². The van der Waals surface area contributed by atoms with Gasteiger partial charge in [-0.2, -0.15) is 0 Å². The van der Waals surface area contributed by atoms with Crippen LogP contribution < -0.4 is 0 Å². The van der Waals surface area contributed by atoms with Gasteiger partial charge in [-0.3, -0.25) is 4.79 Å². The standard InChI is InChI=1S/C9H8O2S/c1-2-4-7(9(10)11)8-5-3-6-12-8/h1,3,5-7H,4H2,(H,10,11). The van der Waals surface area contributed by atoms with E-state index in [1.807, 2.05) is 11.4 Å². The quantitative estimate of drug-likeness (QED) is 0.722. The van der Waals surface area contributed by atoms with E-state index in [1.54, 1.807) is 6.07 Å². The smallest absolute Gasteiger partial charge is 0.312 e. The lowest BCUT2D eigenvalue weighted by Gasteiger charge is -2.04. The highest BCUT2D eigenvalue weighted by atomic mass is 32.1. The summed E-state index contributed by atoms with van der Waals surface area (Å²) in [5, 5.41) is 10.6. The van der Waals surface area contributed by atoms with E-state index in [0.29, 0.717) is 0 Å². The van der Waals surface area contributed by atoms with Crippen molar-refractivity contribution in [2.24, 2.45) is 0 Å². The van der Waals surface area contributed by atoms with Crippen LogP contribution in [0.2, 0.25) is 0 Å². The number of carboxylic acids is 1. The number of aliphatic carboxylic acids is 1. The molecule has 1 N–H and O–H groups in total. The molecule has 0 aliphatic carbocycles. The fraction of sp³-hybridized carbons (Fsp3) is 0.222. The molecule has 1 aromatic rings. The van der Waals surface area contributed by atoms with Gasteiger partial charge in [-0.1, -0.05) is 6.07 Å². The predicted molar refractivity (Wildman–Crippen MR) is 48.1 cm³/mol. The molecule has 1 aromatic heterocycles. The monoisotopic (exact) mass is 180 g/mol. The summed E-state index contributed by atoms with van der Waals surface area (Å²) in [6, 6.07) is 3.62. The maximum absolute atomic E-state index is 10.7. The van der Waals surface area contributed by atoms with E-state index in [4.69, 9.17) is 11.5 Å². The van der Waals surface area contributed by atoms with Crippen molar-refractivity contribution in [3.8, 4) is 12.3 Å². The van der Waals surface area contributed by atoms with Gasteiger partial charge in [0.1, 0.15) is 5.92 Å². The zero-order valence-electron chi connectivity index (χ0n) is 6.36. The van der Waals surface area contributed by atoms with Gasteiger partial charge >= 0.3 is 5.97 Å². The summed E-state index contributed by atoms with van der Waals surface area (Å²) in [4.78, 5) is 11.5. The maximum Gasteiger partial charge on any atom is 0.312 e. The summed E-state index contributed by atoms with van der Waals surface area (Å²) in [6.45, 7) is 0. The molecule has 3 heteroatoms. The Hall–Kier alpha value is -1.27. The van der Waals surface area contributed by atoms with Crippen LogP contribution in [0.5, 0.6) is 0 Å². The molecule has 12 heavy (non-hydrogen) atoms. The Labute approximate surface area is 74.9 Å². The number of terminal acetylenes is 1. The highest BCUT2D eigenvalue weighted by molar-refractivity contribution is 7.10. The van der Waals surface area contributed by atoms with Crippen LogP contribution in [0.25, 0.3) is 0 Å². The topological polar surface area (TPSA) is 37.3 Å². The average Bonchev–Trinajstić information content (AvgIpc) is 2.51. The van der Waals surface area contributed by atoms with E-state index in [2.05, 4.69) is 5.92 Å². The first kappa shape index (κ1) is 8.82. The van der Waals surface area contributed by atoms with Gasteiger partial charge in [-0.25, -0.2) is 0 Å². The van der Waals surface area contributed by atoms with Gasteiger partial charge in [0.05, 0.1) is 0 Å². The molecular formula is C9H8O2S. The largest absolute Gasteiger partial charge is 0.481 e. The second-order valence-corrected chi connectivity index (χ2v) is 3.29. The van der Waals surface area contributed by atoms with Crippen LogP contribution in [0, 0.1) is 12.3 Å². The van der Waals surface area contributed by atoms with E-state index in [0.717, 1.165) is 4.88 Å². The van der Waals surface area contributed by atoms with Gasteiger partial charge in [0, 0.05) is 11.3 Å². The number of carboxylic acid groups (broad SMARTS) is 1. The van der Waals surface area contributed by atoms with Crippen LogP contribution in [0.1, 0.15) is 17.2 Å². The Bertz CT molecular complexity index is 295. The van der Waals surface area contributed by atoms with Crippen LogP contribution >= 0.6 is 11.3 Å². The molecule has 0 saturated carbocycles. The lowest BCUT2D eigenvalue weighted by molar-refractivity contribution is -0.138. The van der Waals surface area contributed by atoms with Crippen molar-refractivity contribution in [2.75, 3.05) is 0 Å². The van der Waals surface area contributed by atoms with Crippen molar-refractivity contribution in [3.05, 3.63) is 22.4 Å². The lowest BCUT2D eigenvalue weighted by atomic mass is 10.1. The Morgan fingerprint density at radius 3 is 3.00 bits per heavy atom. The SMILES string of the molecule is C#CCC(C(=O)O)c1cccs1. The van der Waals surface area contributed by atoms with Gasteiger partial charge in [-0.05, 0) is 11.4 Å². The van der Waals surface area contributed by atoms with E-state index in [1.165, 1.54) is 11.3 Å². The minimum Gasteiger partial charge on any atom is -0.481 e. The fourth-order valence-corrected chi connectivity index (χ4v) is 1.74. The molecule has 0 fully saturated rings. The number of rotatable bonds is 3. The normalized spacial score (nSPS) is 11.9. The first-order valence-electron chi connectivity index (χ1n) is 3.45. The van der Waals surface area contributed by atoms with E-state index in [9.17, 15) is 4.79 Å². The lowest BCUT2D eigenvalue weighted by Crippen LogP contribution is -2.09. The summed E-state index contributed by atoms with van der Waals surface area (Å²) in [6.07, 6.45) is 5.32. The second kappa shape index (κ2) is 3.93. The molecule has 0 aliphatic heterocycles. The molecule has 1 rings (SSSR count). The molecule has 0 aliphatic rings. The van der Waals surface area contributed by atoms with Crippen LogP contribution in [-0.4, -0.2) is 11.1 Å². The first-order valence-corrected chi connectivity index (χ1v) is 4.33. The average molecular weight is 180 g/mol. The highest BCUT2D eigenvalue weighted by Gasteiger charge is 2.18. The van der Waals surface area contributed by atoms with Gasteiger partial charge < -0.3 is 5.11 Å². The molecule has 1 atom stereocenters. The Morgan fingerprint density at radius 2 is 2.58 bits per heavy atom. The highest BCUT2D eigenvalue weighted by Crippen LogP contribution is 2.23. The minimum absolute atomic E-state index is 0.260. The van der Waals surface area contributed by atoms with Crippen LogP contribution in [-0.2, 0) is 4.79 Å². The third-order valence-corrected chi connectivity index (χ3v) is 2.49. The third kappa shape index (κ3) is 1.86. The molecular weight excluding hydrogens is 172 g/mol. The number of thiophene rings is 1. The van der Waals surface area contributed by atoms with Crippen molar-refractivity contribution in [1.82, 2.24) is 0 Å². The molecule has 0 saturated heterocycles. The zero-order valence-corrected chi connectivity index (χ0v) is 7.17. The number of hydrogen-bond acceptors (Lipinski definition) is 2. The Balaban J connectivity index is 2.82. The second-order valence-electron chi connectivity index (χ2n) is 2.31. The number of carbonyl (C=O) groups is 1. The molecule has 0 amide bonds. The van der Waals surface area contributed by atoms with Crippen LogP contribution in [0.4, 0.5) is 0 Å². The third-order valence-electron chi connectivity index (χ3n) is 1.51. The molecule has 2 nitrogen and oxygen atoms in total. The van der Waals surface area contributed by atoms with Crippen LogP contribution in [0.15, 0.2) is 17.5 Å². The summed E-state index contributed by atoms with van der Waals surface area (Å²) in [7, 11) is 0. The van der Waals surface area contributed by atoms with Crippen molar-refractivity contribution >= 4 is 17.3 Å². The molecule has 0 bridgehead atoms. The summed E-state index contributed by atoms with van der Waals surface area (Å²) in [5.74, 6) is 0.979. The molecule has 1 heterocycles. The summed E-state index contributed by atoms with van der Waals surface area (Å²) >= 11 is 1.42.